The summed E-state index contributed by atoms with van der Waals surface area (Å²) in [5.41, 5.74) is 0.257. The predicted octanol–water partition coefficient (Wildman–Crippen LogP) is 1.21. The van der Waals surface area contributed by atoms with E-state index in [1.165, 1.54) is 18.2 Å². The number of hydrogen-bond donors (Lipinski definition) is 1. The van der Waals surface area contributed by atoms with Crippen LogP contribution in [0.15, 0.2) is 23.1 Å². The topological polar surface area (TPSA) is 82.4 Å². The van der Waals surface area contributed by atoms with E-state index in [0.717, 1.165) is 39.3 Å². The van der Waals surface area contributed by atoms with Crippen molar-refractivity contribution in [3.8, 4) is 6.07 Å². The van der Waals surface area contributed by atoms with Gasteiger partial charge in [0.1, 0.15) is 6.07 Å². The van der Waals surface area contributed by atoms with Gasteiger partial charge in [-0.05, 0) is 31.2 Å². The molecule has 1 aromatic carbocycles. The van der Waals surface area contributed by atoms with Crippen molar-refractivity contribution in [1.82, 2.24) is 9.62 Å². The molecular formula is C14H18ClN3O3S. The molecule has 0 aromatic heterocycles. The standard InChI is InChI=1S/C14H18ClN3O3S/c15-14-10-13(3-2-12(14)11-16)22(19,20)17-4-1-5-18-6-8-21-9-7-18/h2-3,10,17H,1,4-9H2. The van der Waals surface area contributed by atoms with Crippen LogP contribution in [0.25, 0.3) is 0 Å². The first-order chi connectivity index (χ1) is 10.5. The summed E-state index contributed by atoms with van der Waals surface area (Å²) < 4.78 is 32.1. The third kappa shape index (κ3) is 4.66. The normalized spacial score (nSPS) is 16.4. The smallest absolute Gasteiger partial charge is 0.240 e. The number of nitrogens with one attached hydrogen (secondary N) is 1. The minimum Gasteiger partial charge on any atom is -0.379 e. The lowest BCUT2D eigenvalue weighted by atomic mass is 10.2. The van der Waals surface area contributed by atoms with E-state index in [1.807, 2.05) is 6.07 Å². The van der Waals surface area contributed by atoms with Crippen molar-refractivity contribution >= 4 is 21.6 Å². The Morgan fingerprint density at radius 3 is 2.73 bits per heavy atom. The number of hydrogen-bond acceptors (Lipinski definition) is 5. The van der Waals surface area contributed by atoms with Gasteiger partial charge in [-0.25, -0.2) is 13.1 Å². The molecule has 6 nitrogen and oxygen atoms in total. The number of benzene rings is 1. The molecule has 0 saturated carbocycles. The molecule has 0 bridgehead atoms. The SMILES string of the molecule is N#Cc1ccc(S(=O)(=O)NCCCN2CCOCC2)cc1Cl. The van der Waals surface area contributed by atoms with Crippen molar-refractivity contribution in [3.05, 3.63) is 28.8 Å². The second kappa shape index (κ2) is 7.90. The Balaban J connectivity index is 1.85. The number of halogens is 1. The van der Waals surface area contributed by atoms with Crippen LogP contribution in [0.2, 0.25) is 5.02 Å². The Morgan fingerprint density at radius 2 is 2.09 bits per heavy atom. The average molecular weight is 344 g/mol. The number of nitriles is 1. The first-order valence-corrected chi connectivity index (χ1v) is 8.88. The van der Waals surface area contributed by atoms with Crippen molar-refractivity contribution in [2.75, 3.05) is 39.4 Å². The fourth-order valence-electron chi connectivity index (χ4n) is 2.17. The van der Waals surface area contributed by atoms with Gasteiger partial charge in [0.15, 0.2) is 0 Å². The molecular weight excluding hydrogens is 326 g/mol. The van der Waals surface area contributed by atoms with E-state index in [2.05, 4.69) is 9.62 Å². The lowest BCUT2D eigenvalue weighted by Gasteiger charge is -2.26. The zero-order valence-corrected chi connectivity index (χ0v) is 13.7. The Labute approximate surface area is 135 Å². The fraction of sp³-hybridized carbons (Fsp3) is 0.500. The summed E-state index contributed by atoms with van der Waals surface area (Å²) >= 11 is 5.87. The monoisotopic (exact) mass is 343 g/mol. The van der Waals surface area contributed by atoms with Crippen molar-refractivity contribution in [2.24, 2.45) is 0 Å². The predicted molar refractivity (Wildman–Crippen MR) is 83.2 cm³/mol. The highest BCUT2D eigenvalue weighted by molar-refractivity contribution is 7.89. The molecule has 0 atom stereocenters. The van der Waals surface area contributed by atoms with Gasteiger partial charge in [-0.1, -0.05) is 11.6 Å². The molecule has 120 valence electrons. The fourth-order valence-corrected chi connectivity index (χ4v) is 3.56. The summed E-state index contributed by atoms with van der Waals surface area (Å²) in [6.45, 7) is 4.43. The van der Waals surface area contributed by atoms with E-state index < -0.39 is 10.0 Å². The Bertz CT molecular complexity index is 652. The van der Waals surface area contributed by atoms with Gasteiger partial charge in [0.2, 0.25) is 10.0 Å². The van der Waals surface area contributed by atoms with Gasteiger partial charge in [-0.15, -0.1) is 0 Å². The summed E-state index contributed by atoms with van der Waals surface area (Å²) in [5.74, 6) is 0. The molecule has 1 heterocycles. The van der Waals surface area contributed by atoms with Crippen LogP contribution in [0.1, 0.15) is 12.0 Å². The Morgan fingerprint density at radius 1 is 1.36 bits per heavy atom. The molecule has 1 aromatic rings. The second-order valence-corrected chi connectivity index (χ2v) is 7.13. The van der Waals surface area contributed by atoms with Crippen molar-refractivity contribution in [3.63, 3.8) is 0 Å². The van der Waals surface area contributed by atoms with Crippen LogP contribution >= 0.6 is 11.6 Å². The van der Waals surface area contributed by atoms with Crippen molar-refractivity contribution in [1.29, 1.82) is 5.26 Å². The van der Waals surface area contributed by atoms with E-state index in [-0.39, 0.29) is 15.5 Å². The Kier molecular flexibility index (Phi) is 6.17. The highest BCUT2D eigenvalue weighted by Crippen LogP contribution is 2.20. The van der Waals surface area contributed by atoms with Gasteiger partial charge in [-0.2, -0.15) is 5.26 Å². The summed E-state index contributed by atoms with van der Waals surface area (Å²) in [7, 11) is -3.60. The minimum absolute atomic E-state index is 0.0721. The van der Waals surface area contributed by atoms with Crippen LogP contribution in [-0.4, -0.2) is 52.7 Å². The number of rotatable bonds is 6. The van der Waals surface area contributed by atoms with Crippen LogP contribution in [0.3, 0.4) is 0 Å². The number of nitrogens with zero attached hydrogens (tertiary/aromatic N) is 2. The van der Waals surface area contributed by atoms with E-state index in [0.29, 0.717) is 6.54 Å². The molecule has 0 spiro atoms. The highest BCUT2D eigenvalue weighted by atomic mass is 35.5. The van der Waals surface area contributed by atoms with E-state index in [1.54, 1.807) is 0 Å². The molecule has 0 unspecified atom stereocenters. The van der Waals surface area contributed by atoms with E-state index in [9.17, 15) is 8.42 Å². The molecule has 0 amide bonds. The highest BCUT2D eigenvalue weighted by Gasteiger charge is 2.16. The van der Waals surface area contributed by atoms with E-state index >= 15 is 0 Å². The van der Waals surface area contributed by atoms with Gasteiger partial charge in [-0.3, -0.25) is 4.90 Å². The quantitative estimate of drug-likeness (QED) is 0.785. The maximum Gasteiger partial charge on any atom is 0.240 e. The number of ether oxygens (including phenoxy) is 1. The second-order valence-electron chi connectivity index (χ2n) is 4.96. The molecule has 1 N–H and O–H groups in total. The largest absolute Gasteiger partial charge is 0.379 e. The summed E-state index contributed by atoms with van der Waals surface area (Å²) in [6.07, 6.45) is 0.725. The summed E-state index contributed by atoms with van der Waals surface area (Å²) in [4.78, 5) is 2.32. The third-order valence-corrected chi connectivity index (χ3v) is 5.19. The molecule has 8 heteroatoms. The van der Waals surface area contributed by atoms with Crippen molar-refractivity contribution in [2.45, 2.75) is 11.3 Å². The van der Waals surface area contributed by atoms with E-state index in [4.69, 9.17) is 21.6 Å². The molecule has 1 aliphatic rings. The molecule has 22 heavy (non-hydrogen) atoms. The zero-order chi connectivity index (χ0) is 16.0. The first-order valence-electron chi connectivity index (χ1n) is 7.02. The van der Waals surface area contributed by atoms with Gasteiger partial charge in [0.25, 0.3) is 0 Å². The molecule has 2 rings (SSSR count). The van der Waals surface area contributed by atoms with Crippen LogP contribution in [-0.2, 0) is 14.8 Å². The number of morpholine rings is 1. The zero-order valence-electron chi connectivity index (χ0n) is 12.1. The lowest BCUT2D eigenvalue weighted by molar-refractivity contribution is 0.0376. The first kappa shape index (κ1) is 17.2. The average Bonchev–Trinajstić information content (AvgIpc) is 2.52. The molecule has 1 aliphatic heterocycles. The molecule has 1 fully saturated rings. The Hall–Kier alpha value is -1.17. The third-order valence-electron chi connectivity index (χ3n) is 3.42. The maximum atomic E-state index is 12.1. The summed E-state index contributed by atoms with van der Waals surface area (Å²) in [5, 5.41) is 8.93. The minimum atomic E-state index is -3.60. The van der Waals surface area contributed by atoms with Crippen molar-refractivity contribution < 1.29 is 13.2 Å². The van der Waals surface area contributed by atoms with Gasteiger partial charge in [0, 0.05) is 19.6 Å². The lowest BCUT2D eigenvalue weighted by Crippen LogP contribution is -2.38. The van der Waals surface area contributed by atoms with Gasteiger partial charge in [0.05, 0.1) is 28.7 Å². The summed E-state index contributed by atoms with van der Waals surface area (Å²) in [6, 6.07) is 5.99. The molecule has 0 aliphatic carbocycles. The molecule has 1 saturated heterocycles. The number of sulfonamides is 1. The van der Waals surface area contributed by atoms with Crippen LogP contribution in [0, 0.1) is 11.3 Å². The molecule has 0 radical (unpaired) electrons. The van der Waals surface area contributed by atoms with Gasteiger partial charge >= 0.3 is 0 Å². The van der Waals surface area contributed by atoms with Crippen LogP contribution in [0.4, 0.5) is 0 Å². The maximum absolute atomic E-state index is 12.1. The van der Waals surface area contributed by atoms with Crippen LogP contribution in [0.5, 0.6) is 0 Å². The van der Waals surface area contributed by atoms with Gasteiger partial charge < -0.3 is 4.74 Å². The van der Waals surface area contributed by atoms with Crippen LogP contribution < -0.4 is 4.72 Å².